The maximum absolute atomic E-state index is 11.6. The summed E-state index contributed by atoms with van der Waals surface area (Å²) in [6.45, 7) is 1.91. The summed E-state index contributed by atoms with van der Waals surface area (Å²) in [4.78, 5) is 21.9. The molecular formula is C10H15N3O3. The molecule has 0 fully saturated rings. The van der Waals surface area contributed by atoms with Crippen molar-refractivity contribution >= 4 is 11.9 Å². The molecule has 0 radical (unpaired) electrons. The predicted octanol–water partition coefficient (Wildman–Crippen LogP) is 0.114. The molecule has 0 bridgehead atoms. The Kier molecular flexibility index (Phi) is 4.04. The molecule has 0 aliphatic rings. The van der Waals surface area contributed by atoms with Gasteiger partial charge in [-0.2, -0.15) is 5.10 Å². The molecular weight excluding hydrogens is 210 g/mol. The van der Waals surface area contributed by atoms with Crippen molar-refractivity contribution in [2.75, 3.05) is 6.54 Å². The van der Waals surface area contributed by atoms with Gasteiger partial charge in [-0.1, -0.05) is 0 Å². The Labute approximate surface area is 93.3 Å². The van der Waals surface area contributed by atoms with Gasteiger partial charge in [-0.15, -0.1) is 0 Å². The van der Waals surface area contributed by atoms with Crippen molar-refractivity contribution < 1.29 is 14.7 Å². The van der Waals surface area contributed by atoms with Gasteiger partial charge in [0.2, 0.25) is 5.91 Å². The molecule has 0 aliphatic heterocycles. The van der Waals surface area contributed by atoms with Gasteiger partial charge in [-0.3, -0.25) is 14.3 Å². The molecule has 1 heterocycles. The summed E-state index contributed by atoms with van der Waals surface area (Å²) in [5.41, 5.74) is 0.799. The summed E-state index contributed by atoms with van der Waals surface area (Å²) < 4.78 is 1.63. The van der Waals surface area contributed by atoms with Crippen LogP contribution < -0.4 is 5.32 Å². The van der Waals surface area contributed by atoms with Gasteiger partial charge < -0.3 is 10.4 Å². The van der Waals surface area contributed by atoms with E-state index in [1.54, 1.807) is 30.9 Å². The van der Waals surface area contributed by atoms with Crippen LogP contribution in [0.5, 0.6) is 0 Å². The quantitative estimate of drug-likeness (QED) is 0.745. The van der Waals surface area contributed by atoms with Crippen molar-refractivity contribution in [2.45, 2.75) is 19.3 Å². The van der Waals surface area contributed by atoms with Crippen LogP contribution in [0.1, 0.15) is 25.0 Å². The molecule has 6 heteroatoms. The van der Waals surface area contributed by atoms with E-state index in [1.165, 1.54) is 0 Å². The number of rotatable bonds is 5. The predicted molar refractivity (Wildman–Crippen MR) is 56.9 cm³/mol. The average molecular weight is 225 g/mol. The Hall–Kier alpha value is -1.85. The number of aromatic nitrogens is 2. The van der Waals surface area contributed by atoms with Crippen molar-refractivity contribution in [2.24, 2.45) is 7.05 Å². The minimum absolute atomic E-state index is 0.0656. The van der Waals surface area contributed by atoms with E-state index in [-0.39, 0.29) is 24.8 Å². The molecule has 1 rings (SSSR count). The molecule has 1 amide bonds. The molecule has 16 heavy (non-hydrogen) atoms. The lowest BCUT2D eigenvalue weighted by Crippen LogP contribution is -2.30. The second-order valence-electron chi connectivity index (χ2n) is 3.54. The van der Waals surface area contributed by atoms with Crippen LogP contribution in [0.4, 0.5) is 0 Å². The van der Waals surface area contributed by atoms with Gasteiger partial charge in [0.25, 0.3) is 0 Å². The fourth-order valence-corrected chi connectivity index (χ4v) is 1.39. The largest absolute Gasteiger partial charge is 0.481 e. The molecule has 0 spiro atoms. The minimum Gasteiger partial charge on any atom is -0.481 e. The van der Waals surface area contributed by atoms with E-state index in [0.29, 0.717) is 0 Å². The van der Waals surface area contributed by atoms with Gasteiger partial charge in [0.1, 0.15) is 0 Å². The number of carbonyl (C=O) groups is 2. The SMILES string of the molecule is CC(C(=O)NCCC(=O)O)c1ccnn1C. The normalized spacial score (nSPS) is 12.1. The van der Waals surface area contributed by atoms with E-state index in [9.17, 15) is 9.59 Å². The first-order valence-electron chi connectivity index (χ1n) is 4.99. The van der Waals surface area contributed by atoms with Crippen molar-refractivity contribution in [3.63, 3.8) is 0 Å². The fourth-order valence-electron chi connectivity index (χ4n) is 1.39. The Balaban J connectivity index is 2.49. The summed E-state index contributed by atoms with van der Waals surface area (Å²) in [6.07, 6.45) is 1.56. The van der Waals surface area contributed by atoms with Gasteiger partial charge in [-0.05, 0) is 13.0 Å². The number of hydrogen-bond acceptors (Lipinski definition) is 3. The van der Waals surface area contributed by atoms with Crippen molar-refractivity contribution in [1.82, 2.24) is 15.1 Å². The van der Waals surface area contributed by atoms with E-state index in [1.807, 2.05) is 0 Å². The maximum atomic E-state index is 11.6. The number of aryl methyl sites for hydroxylation is 1. The molecule has 1 atom stereocenters. The smallest absolute Gasteiger partial charge is 0.305 e. The first-order chi connectivity index (χ1) is 7.52. The Morgan fingerprint density at radius 3 is 2.81 bits per heavy atom. The third kappa shape index (κ3) is 3.08. The third-order valence-corrected chi connectivity index (χ3v) is 2.33. The number of nitrogens with one attached hydrogen (secondary N) is 1. The summed E-state index contributed by atoms with van der Waals surface area (Å²) in [5, 5.41) is 15.0. The van der Waals surface area contributed by atoms with Gasteiger partial charge >= 0.3 is 5.97 Å². The molecule has 6 nitrogen and oxygen atoms in total. The van der Waals surface area contributed by atoms with Crippen LogP contribution in [0.2, 0.25) is 0 Å². The average Bonchev–Trinajstić information content (AvgIpc) is 2.62. The van der Waals surface area contributed by atoms with Crippen molar-refractivity contribution in [3.05, 3.63) is 18.0 Å². The minimum atomic E-state index is -0.923. The highest BCUT2D eigenvalue weighted by molar-refractivity contribution is 5.83. The van der Waals surface area contributed by atoms with Crippen LogP contribution >= 0.6 is 0 Å². The lowest BCUT2D eigenvalue weighted by atomic mass is 10.1. The summed E-state index contributed by atoms with van der Waals surface area (Å²) in [5.74, 6) is -1.44. The number of hydrogen-bond donors (Lipinski definition) is 2. The molecule has 88 valence electrons. The van der Waals surface area contributed by atoms with Gasteiger partial charge in [0.15, 0.2) is 0 Å². The first kappa shape index (κ1) is 12.2. The van der Waals surface area contributed by atoms with Gasteiger partial charge in [-0.25, -0.2) is 0 Å². The molecule has 1 unspecified atom stereocenters. The third-order valence-electron chi connectivity index (χ3n) is 2.33. The highest BCUT2D eigenvalue weighted by Gasteiger charge is 2.17. The molecule has 1 aromatic heterocycles. The monoisotopic (exact) mass is 225 g/mol. The zero-order chi connectivity index (χ0) is 12.1. The zero-order valence-electron chi connectivity index (χ0n) is 9.30. The molecule has 0 saturated heterocycles. The lowest BCUT2D eigenvalue weighted by molar-refractivity contribution is -0.136. The van der Waals surface area contributed by atoms with Gasteiger partial charge in [0.05, 0.1) is 18.0 Å². The number of aliphatic carboxylic acids is 1. The highest BCUT2D eigenvalue weighted by Crippen LogP contribution is 2.13. The second-order valence-corrected chi connectivity index (χ2v) is 3.54. The highest BCUT2D eigenvalue weighted by atomic mass is 16.4. The number of amides is 1. The summed E-state index contributed by atoms with van der Waals surface area (Å²) >= 11 is 0. The zero-order valence-corrected chi connectivity index (χ0v) is 9.30. The van der Waals surface area contributed by atoms with Crippen molar-refractivity contribution in [1.29, 1.82) is 0 Å². The number of carboxylic acids is 1. The molecule has 0 aliphatic carbocycles. The van der Waals surface area contributed by atoms with E-state index in [2.05, 4.69) is 10.4 Å². The van der Waals surface area contributed by atoms with E-state index < -0.39 is 5.97 Å². The molecule has 2 N–H and O–H groups in total. The van der Waals surface area contributed by atoms with Crippen LogP contribution in [0.3, 0.4) is 0 Å². The van der Waals surface area contributed by atoms with E-state index >= 15 is 0 Å². The number of carboxylic acid groups (broad SMARTS) is 1. The number of nitrogens with zero attached hydrogens (tertiary/aromatic N) is 2. The first-order valence-corrected chi connectivity index (χ1v) is 4.99. The molecule has 0 saturated carbocycles. The Morgan fingerprint density at radius 1 is 1.62 bits per heavy atom. The van der Waals surface area contributed by atoms with E-state index in [0.717, 1.165) is 5.69 Å². The Morgan fingerprint density at radius 2 is 2.31 bits per heavy atom. The fraction of sp³-hybridized carbons (Fsp3) is 0.500. The van der Waals surface area contributed by atoms with Crippen LogP contribution in [0, 0.1) is 0 Å². The van der Waals surface area contributed by atoms with Crippen LogP contribution in [0.25, 0.3) is 0 Å². The lowest BCUT2D eigenvalue weighted by Gasteiger charge is -2.11. The number of carbonyl (C=O) groups excluding carboxylic acids is 1. The Bertz CT molecular complexity index is 386. The summed E-state index contributed by atoms with van der Waals surface area (Å²) in [6, 6.07) is 1.77. The standard InChI is InChI=1S/C10H15N3O3/c1-7(8-3-6-12-13(8)2)10(16)11-5-4-9(14)15/h3,6-7H,4-5H2,1-2H3,(H,11,16)(H,14,15). The van der Waals surface area contributed by atoms with Crippen LogP contribution in [-0.4, -0.2) is 33.3 Å². The molecule has 1 aromatic rings. The van der Waals surface area contributed by atoms with Crippen LogP contribution in [-0.2, 0) is 16.6 Å². The van der Waals surface area contributed by atoms with Crippen LogP contribution in [0.15, 0.2) is 12.3 Å². The topological polar surface area (TPSA) is 84.2 Å². The van der Waals surface area contributed by atoms with Crippen molar-refractivity contribution in [3.8, 4) is 0 Å². The second kappa shape index (κ2) is 5.29. The maximum Gasteiger partial charge on any atom is 0.305 e. The van der Waals surface area contributed by atoms with Gasteiger partial charge in [0, 0.05) is 19.8 Å². The summed E-state index contributed by atoms with van der Waals surface area (Å²) in [7, 11) is 1.76. The van der Waals surface area contributed by atoms with E-state index in [4.69, 9.17) is 5.11 Å². The molecule has 0 aromatic carbocycles.